The standard InChI is InChI=1S/C8H12Br2N2S/c1-5(3-11)12-4-6-2-7(9)8(10)13-6/h2,5,12H,3-4,11H2,1H3/t5-/m1/s1. The third kappa shape index (κ3) is 3.67. The normalized spacial score (nSPS) is 13.2. The lowest BCUT2D eigenvalue weighted by atomic mass is 10.3. The van der Waals surface area contributed by atoms with Gasteiger partial charge in [-0.05, 0) is 44.8 Å². The molecule has 1 aromatic rings. The molecule has 74 valence electrons. The van der Waals surface area contributed by atoms with Crippen LogP contribution >= 0.6 is 43.2 Å². The summed E-state index contributed by atoms with van der Waals surface area (Å²) in [7, 11) is 0. The zero-order valence-electron chi connectivity index (χ0n) is 7.31. The van der Waals surface area contributed by atoms with Crippen molar-refractivity contribution < 1.29 is 0 Å². The number of thiophene rings is 1. The van der Waals surface area contributed by atoms with E-state index in [0.717, 1.165) is 14.8 Å². The molecule has 13 heavy (non-hydrogen) atoms. The van der Waals surface area contributed by atoms with E-state index < -0.39 is 0 Å². The third-order valence-corrected chi connectivity index (χ3v) is 4.93. The van der Waals surface area contributed by atoms with Crippen molar-refractivity contribution in [2.24, 2.45) is 5.73 Å². The molecule has 1 aromatic heterocycles. The van der Waals surface area contributed by atoms with E-state index in [4.69, 9.17) is 5.73 Å². The van der Waals surface area contributed by atoms with Gasteiger partial charge in [-0.1, -0.05) is 0 Å². The molecule has 1 heterocycles. The Kier molecular flexibility index (Phi) is 4.89. The lowest BCUT2D eigenvalue weighted by Crippen LogP contribution is -2.32. The minimum atomic E-state index is 0.375. The fourth-order valence-corrected chi connectivity index (χ4v) is 2.96. The molecule has 0 aromatic carbocycles. The zero-order valence-corrected chi connectivity index (χ0v) is 11.3. The van der Waals surface area contributed by atoms with Crippen molar-refractivity contribution in [1.29, 1.82) is 0 Å². The van der Waals surface area contributed by atoms with Crippen LogP contribution < -0.4 is 11.1 Å². The molecule has 5 heteroatoms. The van der Waals surface area contributed by atoms with Gasteiger partial charge in [0.25, 0.3) is 0 Å². The molecule has 0 saturated carbocycles. The molecule has 0 amide bonds. The molecule has 1 atom stereocenters. The SMILES string of the molecule is C[C@H](CN)NCc1cc(Br)c(Br)s1. The summed E-state index contributed by atoms with van der Waals surface area (Å²) in [5, 5.41) is 3.33. The van der Waals surface area contributed by atoms with Gasteiger partial charge in [-0.15, -0.1) is 11.3 Å². The number of nitrogens with two attached hydrogens (primary N) is 1. The highest BCUT2D eigenvalue weighted by atomic mass is 79.9. The van der Waals surface area contributed by atoms with Crippen LogP contribution in [-0.4, -0.2) is 12.6 Å². The number of hydrogen-bond acceptors (Lipinski definition) is 3. The summed E-state index contributed by atoms with van der Waals surface area (Å²) in [5.74, 6) is 0. The number of nitrogens with one attached hydrogen (secondary N) is 1. The maximum Gasteiger partial charge on any atom is 0.0843 e. The Hall–Kier alpha value is 0.580. The van der Waals surface area contributed by atoms with Crippen molar-refractivity contribution in [2.75, 3.05) is 6.54 Å². The lowest BCUT2D eigenvalue weighted by molar-refractivity contribution is 0.560. The molecule has 0 spiro atoms. The van der Waals surface area contributed by atoms with Gasteiger partial charge in [-0.2, -0.15) is 0 Å². The van der Waals surface area contributed by atoms with Gasteiger partial charge in [-0.3, -0.25) is 0 Å². The van der Waals surface area contributed by atoms with E-state index in [1.165, 1.54) is 4.88 Å². The second-order valence-electron chi connectivity index (χ2n) is 2.85. The van der Waals surface area contributed by atoms with E-state index >= 15 is 0 Å². The zero-order chi connectivity index (χ0) is 9.84. The van der Waals surface area contributed by atoms with Crippen LogP contribution in [0.2, 0.25) is 0 Å². The highest BCUT2D eigenvalue weighted by Crippen LogP contribution is 2.32. The Morgan fingerprint density at radius 3 is 2.77 bits per heavy atom. The molecule has 0 fully saturated rings. The minimum absolute atomic E-state index is 0.375. The van der Waals surface area contributed by atoms with Crippen molar-refractivity contribution in [3.63, 3.8) is 0 Å². The maximum absolute atomic E-state index is 5.49. The van der Waals surface area contributed by atoms with Gasteiger partial charge in [0.1, 0.15) is 0 Å². The smallest absolute Gasteiger partial charge is 0.0843 e. The summed E-state index contributed by atoms with van der Waals surface area (Å²) in [6.45, 7) is 3.64. The van der Waals surface area contributed by atoms with Gasteiger partial charge in [0.15, 0.2) is 0 Å². The monoisotopic (exact) mass is 326 g/mol. The van der Waals surface area contributed by atoms with Gasteiger partial charge in [0, 0.05) is 28.5 Å². The van der Waals surface area contributed by atoms with E-state index in [0.29, 0.717) is 12.6 Å². The molecule has 0 aliphatic heterocycles. The van der Waals surface area contributed by atoms with Crippen LogP contribution in [0.4, 0.5) is 0 Å². The van der Waals surface area contributed by atoms with E-state index in [1.807, 2.05) is 0 Å². The molecule has 2 nitrogen and oxygen atoms in total. The topological polar surface area (TPSA) is 38.0 Å². The summed E-state index contributed by atoms with van der Waals surface area (Å²) < 4.78 is 2.26. The third-order valence-electron chi connectivity index (χ3n) is 1.67. The van der Waals surface area contributed by atoms with Crippen molar-refractivity contribution in [2.45, 2.75) is 19.5 Å². The van der Waals surface area contributed by atoms with Gasteiger partial charge >= 0.3 is 0 Å². The van der Waals surface area contributed by atoms with E-state index in [1.54, 1.807) is 11.3 Å². The first-order valence-corrected chi connectivity index (χ1v) is 6.41. The van der Waals surface area contributed by atoms with Crippen LogP contribution in [-0.2, 0) is 6.54 Å². The lowest BCUT2D eigenvalue weighted by Gasteiger charge is -2.08. The molecule has 1 rings (SSSR count). The quantitative estimate of drug-likeness (QED) is 0.892. The van der Waals surface area contributed by atoms with Gasteiger partial charge < -0.3 is 11.1 Å². The molecular formula is C8H12Br2N2S. The molecular weight excluding hydrogens is 316 g/mol. The Morgan fingerprint density at radius 2 is 2.31 bits per heavy atom. The van der Waals surface area contributed by atoms with E-state index in [9.17, 15) is 0 Å². The van der Waals surface area contributed by atoms with Crippen molar-refractivity contribution >= 4 is 43.2 Å². The molecule has 3 N–H and O–H groups in total. The van der Waals surface area contributed by atoms with E-state index in [-0.39, 0.29) is 0 Å². The predicted molar refractivity (Wildman–Crippen MR) is 65.1 cm³/mol. The Labute approximate surface area is 99.2 Å². The first-order chi connectivity index (χ1) is 6.13. The average molecular weight is 328 g/mol. The first-order valence-electron chi connectivity index (χ1n) is 4.00. The number of hydrogen-bond donors (Lipinski definition) is 2. The first kappa shape index (κ1) is 11.7. The van der Waals surface area contributed by atoms with Gasteiger partial charge in [0.2, 0.25) is 0 Å². The largest absolute Gasteiger partial charge is 0.329 e. The van der Waals surface area contributed by atoms with Crippen LogP contribution in [0.5, 0.6) is 0 Å². The summed E-state index contributed by atoms with van der Waals surface area (Å²) >= 11 is 8.64. The second-order valence-corrected chi connectivity index (χ2v) is 6.16. The fourth-order valence-electron chi connectivity index (χ4n) is 0.837. The average Bonchev–Trinajstić information content (AvgIpc) is 2.42. The van der Waals surface area contributed by atoms with Crippen LogP contribution in [0.25, 0.3) is 0 Å². The highest BCUT2D eigenvalue weighted by Gasteiger charge is 2.04. The van der Waals surface area contributed by atoms with Crippen molar-refractivity contribution in [3.05, 3.63) is 19.2 Å². The minimum Gasteiger partial charge on any atom is -0.329 e. The molecule has 0 aliphatic carbocycles. The highest BCUT2D eigenvalue weighted by molar-refractivity contribution is 9.13. The van der Waals surface area contributed by atoms with Gasteiger partial charge in [0.05, 0.1) is 3.79 Å². The van der Waals surface area contributed by atoms with Crippen LogP contribution in [0.3, 0.4) is 0 Å². The second kappa shape index (κ2) is 5.46. The Balaban J connectivity index is 2.45. The van der Waals surface area contributed by atoms with Crippen LogP contribution in [0.1, 0.15) is 11.8 Å². The van der Waals surface area contributed by atoms with Gasteiger partial charge in [-0.25, -0.2) is 0 Å². The Morgan fingerprint density at radius 1 is 1.62 bits per heavy atom. The maximum atomic E-state index is 5.49. The van der Waals surface area contributed by atoms with Crippen molar-refractivity contribution in [3.8, 4) is 0 Å². The summed E-state index contributed by atoms with van der Waals surface area (Å²) in [5.41, 5.74) is 5.49. The molecule has 0 bridgehead atoms. The predicted octanol–water partition coefficient (Wildman–Crippen LogP) is 2.71. The van der Waals surface area contributed by atoms with Crippen LogP contribution in [0.15, 0.2) is 14.3 Å². The summed E-state index contributed by atoms with van der Waals surface area (Å²) in [6, 6.07) is 2.49. The van der Waals surface area contributed by atoms with Crippen molar-refractivity contribution in [1.82, 2.24) is 5.32 Å². The molecule has 0 aliphatic rings. The van der Waals surface area contributed by atoms with E-state index in [2.05, 4.69) is 50.2 Å². The number of halogens is 2. The molecule has 0 saturated heterocycles. The Bertz CT molecular complexity index is 256. The fraction of sp³-hybridized carbons (Fsp3) is 0.500. The summed E-state index contributed by atoms with van der Waals surface area (Å²) in [4.78, 5) is 1.30. The molecule has 0 radical (unpaired) electrons. The van der Waals surface area contributed by atoms with Crippen LogP contribution in [0, 0.1) is 0 Å². The number of rotatable bonds is 4. The molecule has 0 unspecified atom stereocenters. The summed E-state index contributed by atoms with van der Waals surface area (Å²) in [6.07, 6.45) is 0.